The third kappa shape index (κ3) is 7.99. The summed E-state index contributed by atoms with van der Waals surface area (Å²) in [5, 5.41) is 0. The van der Waals surface area contributed by atoms with Crippen LogP contribution in [-0.4, -0.2) is 53.2 Å². The fraction of sp³-hybridized carbons (Fsp3) is 0.545. The maximum absolute atomic E-state index is 6.08. The second-order valence-corrected chi connectivity index (χ2v) is 13.2. The molecule has 2 aromatic carbocycles. The number of nitrogens with zero attached hydrogens (tertiary/aromatic N) is 1. The van der Waals surface area contributed by atoms with Crippen molar-refractivity contribution in [2.24, 2.45) is 0 Å². The molecule has 1 aromatic heterocycles. The van der Waals surface area contributed by atoms with Crippen LogP contribution < -0.4 is 22.4 Å². The van der Waals surface area contributed by atoms with Crippen molar-refractivity contribution >= 4 is 47.6 Å². The lowest BCUT2D eigenvalue weighted by Gasteiger charge is -2.32. The Hall–Kier alpha value is -2.98. The lowest BCUT2D eigenvalue weighted by Crippen LogP contribution is -2.41. The van der Waals surface area contributed by atoms with Crippen molar-refractivity contribution < 1.29 is 23.4 Å². The van der Waals surface area contributed by atoms with Crippen LogP contribution >= 0.6 is 0 Å². The van der Waals surface area contributed by atoms with Crippen molar-refractivity contribution in [3.8, 4) is 0 Å². The molecule has 5 rings (SSSR count). The summed E-state index contributed by atoms with van der Waals surface area (Å²) in [4.78, 5) is 7.85. The second kappa shape index (κ2) is 13.6. The number of H-pyrrole nitrogens is 1. The van der Waals surface area contributed by atoms with Crippen LogP contribution in [0.1, 0.15) is 88.4 Å². The van der Waals surface area contributed by atoms with E-state index in [1.807, 2.05) is 59.7 Å². The van der Waals surface area contributed by atoms with Crippen molar-refractivity contribution in [1.82, 2.24) is 9.97 Å². The van der Waals surface area contributed by atoms with E-state index in [2.05, 4.69) is 57.2 Å². The molecular weight excluding hydrogens is 554 g/mol. The summed E-state index contributed by atoms with van der Waals surface area (Å²) >= 11 is 0. The maximum Gasteiger partial charge on any atom is 0.494 e. The molecule has 2 aliphatic rings. The Morgan fingerprint density at radius 2 is 1.25 bits per heavy atom. The van der Waals surface area contributed by atoms with Crippen LogP contribution in [0.2, 0.25) is 0 Å². The van der Waals surface area contributed by atoms with E-state index in [1.165, 1.54) is 0 Å². The average molecular weight is 606 g/mol. The number of fused-ring (bicyclic) bond motifs is 1. The van der Waals surface area contributed by atoms with Crippen LogP contribution in [0, 0.1) is 0 Å². The van der Waals surface area contributed by atoms with Gasteiger partial charge in [-0.05, 0) is 97.5 Å². The Balaban J connectivity index is 0.000000201. The predicted molar refractivity (Wildman–Crippen MR) is 183 cm³/mol. The topological polar surface area (TPSA) is 127 Å². The molecule has 0 amide bonds. The molecule has 0 bridgehead atoms. The summed E-state index contributed by atoms with van der Waals surface area (Å²) in [7, 11) is -0.708. The van der Waals surface area contributed by atoms with Crippen LogP contribution in [0.4, 0.5) is 11.4 Å². The van der Waals surface area contributed by atoms with E-state index in [4.69, 9.17) is 34.8 Å². The van der Waals surface area contributed by atoms with Crippen LogP contribution in [0.3, 0.4) is 0 Å². The smallest absolute Gasteiger partial charge is 0.494 e. The minimum absolute atomic E-state index is 0.310. The molecule has 9 nitrogen and oxygen atoms in total. The average Bonchev–Trinajstić information content (AvgIpc) is 3.53. The van der Waals surface area contributed by atoms with Gasteiger partial charge in [0.1, 0.15) is 5.82 Å². The SMILES string of the molecule is C=C(CC)OCC.CC1(C)OB(c2ccc(N)c(N)c2)OC1(C)C.CCc1nc2ccc(B3OC(C)(C)C(C)(C)O3)cc2[nH]1. The minimum Gasteiger partial charge on any atom is -0.499 e. The normalized spacial score (nSPS) is 19.2. The molecule has 44 heavy (non-hydrogen) atoms. The molecular formula is C33H52B2N4O5. The van der Waals surface area contributed by atoms with Crippen LogP contribution in [0.15, 0.2) is 48.7 Å². The van der Waals surface area contributed by atoms with Crippen molar-refractivity contribution in [3.63, 3.8) is 0 Å². The van der Waals surface area contributed by atoms with Gasteiger partial charge < -0.3 is 39.8 Å². The lowest BCUT2D eigenvalue weighted by atomic mass is 9.79. The first kappa shape index (κ1) is 35.5. The van der Waals surface area contributed by atoms with Gasteiger partial charge in [0.2, 0.25) is 0 Å². The van der Waals surface area contributed by atoms with E-state index < -0.39 is 0 Å². The van der Waals surface area contributed by atoms with Crippen molar-refractivity contribution in [1.29, 1.82) is 0 Å². The summed E-state index contributed by atoms with van der Waals surface area (Å²) in [5.41, 5.74) is 15.3. The molecule has 0 atom stereocenters. The maximum atomic E-state index is 6.08. The van der Waals surface area contributed by atoms with Gasteiger partial charge in [0, 0.05) is 12.8 Å². The van der Waals surface area contributed by atoms with E-state index >= 15 is 0 Å². The van der Waals surface area contributed by atoms with Crippen LogP contribution in [0.5, 0.6) is 0 Å². The highest BCUT2D eigenvalue weighted by molar-refractivity contribution is 6.62. The lowest BCUT2D eigenvalue weighted by molar-refractivity contribution is 0.00578. The molecule has 3 heterocycles. The second-order valence-electron chi connectivity index (χ2n) is 13.2. The van der Waals surface area contributed by atoms with Crippen molar-refractivity contribution in [2.75, 3.05) is 18.1 Å². The fourth-order valence-electron chi connectivity index (χ4n) is 4.40. The minimum atomic E-state index is -0.386. The molecule has 3 aromatic rings. The Morgan fingerprint density at radius 3 is 1.66 bits per heavy atom. The number of hydrogen-bond acceptors (Lipinski definition) is 8. The van der Waals surface area contributed by atoms with E-state index in [9.17, 15) is 0 Å². The zero-order valence-electron chi connectivity index (χ0n) is 28.6. The number of nitrogens with one attached hydrogen (secondary N) is 1. The largest absolute Gasteiger partial charge is 0.499 e. The van der Waals surface area contributed by atoms with Gasteiger partial charge in [-0.1, -0.05) is 32.6 Å². The highest BCUT2D eigenvalue weighted by atomic mass is 16.7. The summed E-state index contributed by atoms with van der Waals surface area (Å²) in [6, 6.07) is 11.6. The molecule has 0 spiro atoms. The van der Waals surface area contributed by atoms with Crippen LogP contribution in [0.25, 0.3) is 11.0 Å². The van der Waals surface area contributed by atoms with Gasteiger partial charge in [-0.2, -0.15) is 0 Å². The number of nitrogens with two attached hydrogens (primary N) is 2. The number of aromatic amines is 1. The van der Waals surface area contributed by atoms with Crippen molar-refractivity contribution in [2.45, 2.75) is 111 Å². The highest BCUT2D eigenvalue weighted by Gasteiger charge is 2.52. The van der Waals surface area contributed by atoms with Gasteiger partial charge in [-0.15, -0.1) is 0 Å². The Kier molecular flexibility index (Phi) is 10.9. The van der Waals surface area contributed by atoms with E-state index in [1.54, 1.807) is 12.1 Å². The van der Waals surface area contributed by atoms with E-state index in [0.29, 0.717) is 11.4 Å². The summed E-state index contributed by atoms with van der Waals surface area (Å²) in [6.45, 7) is 26.8. The van der Waals surface area contributed by atoms with Gasteiger partial charge in [-0.25, -0.2) is 4.98 Å². The highest BCUT2D eigenvalue weighted by Crippen LogP contribution is 2.37. The van der Waals surface area contributed by atoms with Crippen LogP contribution in [-0.2, 0) is 29.8 Å². The number of anilines is 2. The first-order chi connectivity index (χ1) is 20.4. The quantitative estimate of drug-likeness (QED) is 0.190. The van der Waals surface area contributed by atoms with E-state index in [0.717, 1.165) is 53.0 Å². The number of aryl methyl sites for hydroxylation is 1. The molecule has 0 aliphatic carbocycles. The standard InChI is InChI=1S/C15H21BN2O2.C12H19BN2O2.C6H12O/c1-6-13-17-11-8-7-10(9-12(11)18-13)16-19-14(2,3)15(4,5)20-16;1-11(2)12(3,4)17-13(16-11)8-5-6-9(14)10(15)7-8;1-4-6(3)7-5-2/h7-9H,6H2,1-5H3,(H,17,18);5-7H,14-15H2,1-4H3;3-5H2,1-2H3. The Morgan fingerprint density at radius 1 is 0.773 bits per heavy atom. The number of aromatic nitrogens is 2. The zero-order valence-corrected chi connectivity index (χ0v) is 28.6. The Bertz CT molecular complexity index is 1400. The molecule has 2 aliphatic heterocycles. The summed E-state index contributed by atoms with van der Waals surface area (Å²) in [5.74, 6) is 1.88. The monoisotopic (exact) mass is 606 g/mol. The summed E-state index contributed by atoms with van der Waals surface area (Å²) in [6.07, 6.45) is 1.83. The predicted octanol–water partition coefficient (Wildman–Crippen LogP) is 5.52. The number of nitrogen functional groups attached to an aromatic ring is 2. The number of allylic oxidation sites excluding steroid dienone is 1. The first-order valence-corrected chi connectivity index (χ1v) is 15.5. The number of rotatable bonds is 6. The molecule has 0 unspecified atom stereocenters. The molecule has 11 heteroatoms. The van der Waals surface area contributed by atoms with Crippen molar-refractivity contribution in [3.05, 3.63) is 54.6 Å². The number of ether oxygens (including phenoxy) is 1. The molecule has 5 N–H and O–H groups in total. The molecule has 2 fully saturated rings. The zero-order chi connectivity index (χ0) is 33.1. The number of hydrogen-bond donors (Lipinski definition) is 3. The molecule has 2 saturated heterocycles. The van der Waals surface area contributed by atoms with Gasteiger partial charge in [0.05, 0.1) is 57.2 Å². The fourth-order valence-corrected chi connectivity index (χ4v) is 4.40. The van der Waals surface area contributed by atoms with Gasteiger partial charge >= 0.3 is 14.2 Å². The third-order valence-corrected chi connectivity index (χ3v) is 8.79. The number of imidazole rings is 1. The molecule has 0 radical (unpaired) electrons. The van der Waals surface area contributed by atoms with Gasteiger partial charge in [0.25, 0.3) is 0 Å². The number of benzene rings is 2. The first-order valence-electron chi connectivity index (χ1n) is 15.5. The third-order valence-electron chi connectivity index (χ3n) is 8.79. The summed E-state index contributed by atoms with van der Waals surface area (Å²) < 4.78 is 29.0. The molecule has 240 valence electrons. The van der Waals surface area contributed by atoms with Gasteiger partial charge in [0.15, 0.2) is 0 Å². The Labute approximate surface area is 264 Å². The molecule has 0 saturated carbocycles. The van der Waals surface area contributed by atoms with Gasteiger partial charge in [-0.3, -0.25) is 0 Å². The van der Waals surface area contributed by atoms with E-state index in [-0.39, 0.29) is 36.6 Å².